The molecule has 1 aliphatic heterocycles. The quantitative estimate of drug-likeness (QED) is 0.840. The van der Waals surface area contributed by atoms with Crippen molar-refractivity contribution < 1.29 is 9.84 Å². The number of ether oxygens (including phenoxy) is 1. The van der Waals surface area contributed by atoms with Crippen LogP contribution in [0.5, 0.6) is 5.75 Å². The van der Waals surface area contributed by atoms with Gasteiger partial charge in [0.1, 0.15) is 18.0 Å². The number of benzene rings is 2. The Balaban J connectivity index is 2.29. The summed E-state index contributed by atoms with van der Waals surface area (Å²) in [4.78, 5) is 0. The first kappa shape index (κ1) is 12.5. The van der Waals surface area contributed by atoms with Crippen molar-refractivity contribution in [3.8, 4) is 5.75 Å². The molecule has 0 fully saturated rings. The number of nitrogens with two attached hydrogens (primary N) is 1. The molecule has 1 aliphatic rings. The summed E-state index contributed by atoms with van der Waals surface area (Å²) in [6.45, 7) is 0.465. The van der Waals surface area contributed by atoms with Crippen LogP contribution in [0.15, 0.2) is 42.5 Å². The summed E-state index contributed by atoms with van der Waals surface area (Å²) in [5.74, 6) is 0.655. The van der Waals surface area contributed by atoms with Gasteiger partial charge in [-0.25, -0.2) is 0 Å². The van der Waals surface area contributed by atoms with Crippen LogP contribution in [0.1, 0.15) is 16.7 Å². The van der Waals surface area contributed by atoms with Crippen molar-refractivity contribution in [2.45, 2.75) is 12.2 Å². The van der Waals surface area contributed by atoms with Crippen LogP contribution >= 0.6 is 11.6 Å². The van der Waals surface area contributed by atoms with E-state index in [1.807, 2.05) is 30.3 Å². The van der Waals surface area contributed by atoms with Gasteiger partial charge in [-0.05, 0) is 29.3 Å². The summed E-state index contributed by atoms with van der Waals surface area (Å²) in [6, 6.07) is 12.8. The van der Waals surface area contributed by atoms with Crippen molar-refractivity contribution in [3.05, 3.63) is 64.2 Å². The third kappa shape index (κ3) is 1.91. The molecule has 19 heavy (non-hydrogen) atoms. The minimum absolute atomic E-state index is 0.0702. The Morgan fingerprint density at radius 2 is 2.00 bits per heavy atom. The SMILES string of the molecule is NCC1(O)c2cc(Cl)ccc2COc2ccccc21. The lowest BCUT2D eigenvalue weighted by Gasteiger charge is -2.28. The number of halogens is 1. The minimum Gasteiger partial charge on any atom is -0.488 e. The Morgan fingerprint density at radius 3 is 2.79 bits per heavy atom. The fourth-order valence-corrected chi connectivity index (χ4v) is 2.69. The van der Waals surface area contributed by atoms with E-state index in [0.717, 1.165) is 5.56 Å². The molecule has 2 aromatic carbocycles. The molecule has 0 bridgehead atoms. The van der Waals surface area contributed by atoms with Crippen LogP contribution in [0.3, 0.4) is 0 Å². The smallest absolute Gasteiger partial charge is 0.131 e. The lowest BCUT2D eigenvalue weighted by Crippen LogP contribution is -2.36. The van der Waals surface area contributed by atoms with E-state index in [4.69, 9.17) is 22.1 Å². The zero-order valence-electron chi connectivity index (χ0n) is 10.3. The van der Waals surface area contributed by atoms with E-state index >= 15 is 0 Å². The van der Waals surface area contributed by atoms with Crippen LogP contribution in [0.2, 0.25) is 5.02 Å². The molecule has 3 nitrogen and oxygen atoms in total. The standard InChI is InChI=1S/C15H14ClNO2/c16-11-6-5-10-8-19-14-4-2-1-3-12(14)15(18,9-17)13(10)7-11/h1-7,18H,8-9,17H2. The van der Waals surface area contributed by atoms with Crippen LogP contribution in [0.4, 0.5) is 0 Å². The van der Waals surface area contributed by atoms with Crippen LogP contribution in [-0.2, 0) is 12.2 Å². The van der Waals surface area contributed by atoms with Crippen molar-refractivity contribution in [3.63, 3.8) is 0 Å². The molecule has 3 N–H and O–H groups in total. The molecule has 3 rings (SSSR count). The molecule has 0 aliphatic carbocycles. The fraction of sp³-hybridized carbons (Fsp3) is 0.200. The maximum Gasteiger partial charge on any atom is 0.131 e. The van der Waals surface area contributed by atoms with Crippen molar-refractivity contribution in [2.24, 2.45) is 5.73 Å². The largest absolute Gasteiger partial charge is 0.488 e. The second kappa shape index (κ2) is 4.53. The van der Waals surface area contributed by atoms with Crippen molar-refractivity contribution >= 4 is 11.6 Å². The maximum atomic E-state index is 11.0. The predicted molar refractivity (Wildman–Crippen MR) is 74.3 cm³/mol. The second-order valence-electron chi connectivity index (χ2n) is 4.65. The number of para-hydroxylation sites is 1. The molecule has 0 amide bonds. The highest BCUT2D eigenvalue weighted by atomic mass is 35.5. The Labute approximate surface area is 116 Å². The third-order valence-electron chi connectivity index (χ3n) is 3.53. The summed E-state index contributed by atoms with van der Waals surface area (Å²) in [6.07, 6.45) is 0. The lowest BCUT2D eigenvalue weighted by molar-refractivity contribution is 0.0894. The summed E-state index contributed by atoms with van der Waals surface area (Å²) in [5.41, 5.74) is 6.86. The molecular weight excluding hydrogens is 262 g/mol. The van der Waals surface area contributed by atoms with Crippen molar-refractivity contribution in [1.82, 2.24) is 0 Å². The molecule has 0 saturated heterocycles. The van der Waals surface area contributed by atoms with E-state index in [2.05, 4.69) is 0 Å². The van der Waals surface area contributed by atoms with Gasteiger partial charge in [0, 0.05) is 17.1 Å². The van der Waals surface area contributed by atoms with Gasteiger partial charge in [-0.3, -0.25) is 0 Å². The molecule has 1 heterocycles. The first-order valence-electron chi connectivity index (χ1n) is 6.09. The van der Waals surface area contributed by atoms with E-state index in [9.17, 15) is 5.11 Å². The Morgan fingerprint density at radius 1 is 1.21 bits per heavy atom. The first-order chi connectivity index (χ1) is 9.15. The first-order valence-corrected chi connectivity index (χ1v) is 6.46. The molecule has 0 saturated carbocycles. The zero-order chi connectivity index (χ0) is 13.5. The summed E-state index contributed by atoms with van der Waals surface area (Å²) in [7, 11) is 0. The average Bonchev–Trinajstić information content (AvgIpc) is 2.56. The van der Waals surface area contributed by atoms with Gasteiger partial charge < -0.3 is 15.6 Å². The molecule has 98 valence electrons. The van der Waals surface area contributed by atoms with E-state index in [1.54, 1.807) is 12.1 Å². The Kier molecular flexibility index (Phi) is 2.97. The van der Waals surface area contributed by atoms with E-state index in [1.165, 1.54) is 0 Å². The van der Waals surface area contributed by atoms with Gasteiger partial charge in [0.05, 0.1) is 0 Å². The Bertz CT molecular complexity index is 629. The highest BCUT2D eigenvalue weighted by Gasteiger charge is 2.37. The molecule has 4 heteroatoms. The number of aliphatic hydroxyl groups is 1. The highest BCUT2D eigenvalue weighted by molar-refractivity contribution is 6.30. The second-order valence-corrected chi connectivity index (χ2v) is 5.09. The van der Waals surface area contributed by atoms with Gasteiger partial charge in [-0.2, -0.15) is 0 Å². The average molecular weight is 276 g/mol. The molecule has 1 atom stereocenters. The van der Waals surface area contributed by atoms with Gasteiger partial charge in [0.25, 0.3) is 0 Å². The Hall–Kier alpha value is -1.55. The fourth-order valence-electron chi connectivity index (χ4n) is 2.51. The van der Waals surface area contributed by atoms with Crippen molar-refractivity contribution in [1.29, 1.82) is 0 Å². The zero-order valence-corrected chi connectivity index (χ0v) is 11.0. The number of hydrogen-bond acceptors (Lipinski definition) is 3. The third-order valence-corrected chi connectivity index (χ3v) is 3.76. The van der Waals surface area contributed by atoms with Crippen LogP contribution in [-0.4, -0.2) is 11.7 Å². The van der Waals surface area contributed by atoms with Crippen LogP contribution in [0.25, 0.3) is 0 Å². The van der Waals surface area contributed by atoms with E-state index in [0.29, 0.717) is 28.5 Å². The molecule has 1 unspecified atom stereocenters. The summed E-state index contributed by atoms with van der Waals surface area (Å²) >= 11 is 6.05. The highest BCUT2D eigenvalue weighted by Crippen LogP contribution is 2.40. The number of hydrogen-bond donors (Lipinski definition) is 2. The molecular formula is C15H14ClNO2. The van der Waals surface area contributed by atoms with Crippen LogP contribution < -0.4 is 10.5 Å². The van der Waals surface area contributed by atoms with Crippen LogP contribution in [0, 0.1) is 0 Å². The van der Waals surface area contributed by atoms with Gasteiger partial charge in [-0.15, -0.1) is 0 Å². The van der Waals surface area contributed by atoms with Gasteiger partial charge in [0.2, 0.25) is 0 Å². The lowest BCUT2D eigenvalue weighted by atomic mass is 9.84. The number of fused-ring (bicyclic) bond motifs is 2. The molecule has 0 radical (unpaired) electrons. The summed E-state index contributed by atoms with van der Waals surface area (Å²) in [5, 5.41) is 11.6. The van der Waals surface area contributed by atoms with Gasteiger partial charge in [-0.1, -0.05) is 35.9 Å². The molecule has 2 aromatic rings. The van der Waals surface area contributed by atoms with Gasteiger partial charge in [0.15, 0.2) is 0 Å². The van der Waals surface area contributed by atoms with Crippen molar-refractivity contribution in [2.75, 3.05) is 6.54 Å². The molecule has 0 aromatic heterocycles. The predicted octanol–water partition coefficient (Wildman–Crippen LogP) is 2.43. The summed E-state index contributed by atoms with van der Waals surface area (Å²) < 4.78 is 5.75. The maximum absolute atomic E-state index is 11.0. The van der Waals surface area contributed by atoms with E-state index in [-0.39, 0.29) is 6.54 Å². The number of rotatable bonds is 1. The monoisotopic (exact) mass is 275 g/mol. The minimum atomic E-state index is -1.27. The van der Waals surface area contributed by atoms with E-state index < -0.39 is 5.60 Å². The topological polar surface area (TPSA) is 55.5 Å². The van der Waals surface area contributed by atoms with Gasteiger partial charge >= 0.3 is 0 Å². The molecule has 0 spiro atoms. The normalized spacial score (nSPS) is 21.0.